The van der Waals surface area contributed by atoms with Gasteiger partial charge in [0, 0.05) is 18.8 Å². The maximum absolute atomic E-state index is 12.7. The Morgan fingerprint density at radius 1 is 1.03 bits per heavy atom. The molecule has 0 bridgehead atoms. The van der Waals surface area contributed by atoms with Crippen LogP contribution in [0.25, 0.3) is 0 Å². The smallest absolute Gasteiger partial charge is 0.349 e. The topological polar surface area (TPSA) is 67.9 Å². The number of anilines is 1. The van der Waals surface area contributed by atoms with Crippen LogP contribution in [0.5, 0.6) is 5.75 Å². The SMILES string of the molecule is CCOC(=O)C(C)(C)Oc1ccc(CC(=O)NC(C)c2ccccc2N2CCCCC2)cc1. The standard InChI is InChI=1S/C27H36N2O4/c1-5-32-26(31)27(3,4)33-22-15-13-21(14-16-22)19-25(30)28-20(2)23-11-7-8-12-24(23)29-17-9-6-10-18-29/h7-8,11-16,20H,5-6,9-10,17-19H2,1-4H3,(H,28,30). The lowest BCUT2D eigenvalue weighted by molar-refractivity contribution is -0.158. The monoisotopic (exact) mass is 452 g/mol. The summed E-state index contributed by atoms with van der Waals surface area (Å²) in [5, 5.41) is 3.15. The van der Waals surface area contributed by atoms with Crippen LogP contribution >= 0.6 is 0 Å². The normalized spacial score (nSPS) is 15.0. The maximum atomic E-state index is 12.7. The third-order valence-corrected chi connectivity index (χ3v) is 5.91. The van der Waals surface area contributed by atoms with Crippen LogP contribution < -0.4 is 15.0 Å². The molecule has 178 valence electrons. The Bertz CT molecular complexity index is 933. The van der Waals surface area contributed by atoms with Crippen LogP contribution in [0.3, 0.4) is 0 Å². The first-order valence-electron chi connectivity index (χ1n) is 11.9. The van der Waals surface area contributed by atoms with Crippen molar-refractivity contribution in [1.82, 2.24) is 5.32 Å². The minimum Gasteiger partial charge on any atom is -0.476 e. The van der Waals surface area contributed by atoms with Crippen molar-refractivity contribution in [3.8, 4) is 5.75 Å². The Labute approximate surface area is 197 Å². The van der Waals surface area contributed by atoms with E-state index in [1.165, 1.54) is 24.9 Å². The molecule has 6 heteroatoms. The van der Waals surface area contributed by atoms with Crippen LogP contribution in [0.2, 0.25) is 0 Å². The van der Waals surface area contributed by atoms with Crippen molar-refractivity contribution in [2.45, 2.75) is 65.0 Å². The number of benzene rings is 2. The van der Waals surface area contributed by atoms with Gasteiger partial charge < -0.3 is 19.7 Å². The number of amides is 1. The molecule has 0 radical (unpaired) electrons. The van der Waals surface area contributed by atoms with Gasteiger partial charge in [-0.25, -0.2) is 4.79 Å². The van der Waals surface area contributed by atoms with Gasteiger partial charge in [0.2, 0.25) is 5.91 Å². The molecule has 1 aliphatic heterocycles. The minimum absolute atomic E-state index is 0.0310. The summed E-state index contributed by atoms with van der Waals surface area (Å²) in [6.45, 7) is 9.60. The predicted octanol–water partition coefficient (Wildman–Crippen LogP) is 4.82. The fourth-order valence-corrected chi connectivity index (χ4v) is 4.15. The molecule has 2 aromatic carbocycles. The minimum atomic E-state index is -1.08. The zero-order valence-corrected chi connectivity index (χ0v) is 20.2. The van der Waals surface area contributed by atoms with E-state index < -0.39 is 11.6 Å². The molecular weight excluding hydrogens is 416 g/mol. The summed E-state index contributed by atoms with van der Waals surface area (Å²) in [6, 6.07) is 15.5. The van der Waals surface area contributed by atoms with E-state index in [1.807, 2.05) is 25.1 Å². The number of nitrogens with one attached hydrogen (secondary N) is 1. The van der Waals surface area contributed by atoms with Gasteiger partial charge in [-0.3, -0.25) is 4.79 Å². The molecular formula is C27H36N2O4. The molecule has 0 saturated carbocycles. The highest BCUT2D eigenvalue weighted by Crippen LogP contribution is 2.29. The second-order valence-electron chi connectivity index (χ2n) is 9.05. The van der Waals surface area contributed by atoms with E-state index in [0.29, 0.717) is 12.4 Å². The van der Waals surface area contributed by atoms with Crippen molar-refractivity contribution < 1.29 is 19.1 Å². The first kappa shape index (κ1) is 24.6. The second-order valence-corrected chi connectivity index (χ2v) is 9.05. The summed E-state index contributed by atoms with van der Waals surface area (Å²) in [4.78, 5) is 27.2. The Morgan fingerprint density at radius 2 is 1.70 bits per heavy atom. The Kier molecular flexibility index (Phi) is 8.37. The lowest BCUT2D eigenvalue weighted by Gasteiger charge is -2.32. The van der Waals surface area contributed by atoms with Crippen LogP contribution in [-0.2, 0) is 20.7 Å². The van der Waals surface area contributed by atoms with Gasteiger partial charge in [-0.2, -0.15) is 0 Å². The van der Waals surface area contributed by atoms with Crippen LogP contribution in [0.15, 0.2) is 48.5 Å². The van der Waals surface area contributed by atoms with Gasteiger partial charge in [-0.1, -0.05) is 30.3 Å². The van der Waals surface area contributed by atoms with Gasteiger partial charge in [0.05, 0.1) is 19.1 Å². The average molecular weight is 453 g/mol. The number of esters is 1. The highest BCUT2D eigenvalue weighted by molar-refractivity contribution is 5.80. The molecule has 1 N–H and O–H groups in total. The van der Waals surface area contributed by atoms with E-state index in [-0.39, 0.29) is 18.4 Å². The van der Waals surface area contributed by atoms with E-state index in [2.05, 4.69) is 28.4 Å². The first-order valence-corrected chi connectivity index (χ1v) is 11.9. The predicted molar refractivity (Wildman–Crippen MR) is 131 cm³/mol. The summed E-state index contributed by atoms with van der Waals surface area (Å²) in [5.41, 5.74) is 2.17. The maximum Gasteiger partial charge on any atom is 0.349 e. The Hall–Kier alpha value is -3.02. The third kappa shape index (κ3) is 6.73. The lowest BCUT2D eigenvalue weighted by Crippen LogP contribution is -2.39. The van der Waals surface area contributed by atoms with Crippen LogP contribution in [-0.4, -0.2) is 37.2 Å². The highest BCUT2D eigenvalue weighted by atomic mass is 16.6. The van der Waals surface area contributed by atoms with Crippen molar-refractivity contribution in [2.75, 3.05) is 24.6 Å². The summed E-state index contributed by atoms with van der Waals surface area (Å²) in [7, 11) is 0. The average Bonchev–Trinajstić information content (AvgIpc) is 2.81. The number of ether oxygens (including phenoxy) is 2. The zero-order valence-electron chi connectivity index (χ0n) is 20.2. The molecule has 0 aromatic heterocycles. The molecule has 0 spiro atoms. The Morgan fingerprint density at radius 3 is 2.36 bits per heavy atom. The third-order valence-electron chi connectivity index (χ3n) is 5.91. The van der Waals surface area contributed by atoms with Gasteiger partial charge in [-0.15, -0.1) is 0 Å². The summed E-state index contributed by atoms with van der Waals surface area (Å²) in [5.74, 6) is 0.116. The lowest BCUT2D eigenvalue weighted by atomic mass is 10.0. The van der Waals surface area contributed by atoms with Crippen molar-refractivity contribution in [1.29, 1.82) is 0 Å². The van der Waals surface area contributed by atoms with Crippen molar-refractivity contribution in [2.24, 2.45) is 0 Å². The van der Waals surface area contributed by atoms with Gasteiger partial charge in [0.15, 0.2) is 5.60 Å². The van der Waals surface area contributed by atoms with Crippen LogP contribution in [0.4, 0.5) is 5.69 Å². The molecule has 0 aliphatic carbocycles. The van der Waals surface area contributed by atoms with E-state index in [4.69, 9.17) is 9.47 Å². The van der Waals surface area contributed by atoms with Crippen LogP contribution in [0, 0.1) is 0 Å². The molecule has 6 nitrogen and oxygen atoms in total. The van der Waals surface area contributed by atoms with Crippen molar-refractivity contribution in [3.63, 3.8) is 0 Å². The molecule has 2 aromatic rings. The number of rotatable bonds is 9. The number of para-hydroxylation sites is 1. The quantitative estimate of drug-likeness (QED) is 0.553. The number of carbonyl (C=O) groups is 2. The zero-order chi connectivity index (χ0) is 23.8. The number of hydrogen-bond donors (Lipinski definition) is 1. The number of hydrogen-bond acceptors (Lipinski definition) is 5. The van der Waals surface area contributed by atoms with Gasteiger partial charge >= 0.3 is 5.97 Å². The molecule has 1 atom stereocenters. The van der Waals surface area contributed by atoms with Crippen LogP contribution in [0.1, 0.15) is 64.1 Å². The van der Waals surface area contributed by atoms with Gasteiger partial charge in [0.1, 0.15) is 5.75 Å². The van der Waals surface area contributed by atoms with Gasteiger partial charge in [0.25, 0.3) is 0 Å². The van der Waals surface area contributed by atoms with Crippen molar-refractivity contribution in [3.05, 3.63) is 59.7 Å². The number of nitrogens with zero attached hydrogens (tertiary/aromatic N) is 1. The molecule has 33 heavy (non-hydrogen) atoms. The van der Waals surface area contributed by atoms with E-state index in [1.54, 1.807) is 32.9 Å². The van der Waals surface area contributed by atoms with Crippen molar-refractivity contribution >= 4 is 17.6 Å². The molecule has 1 heterocycles. The summed E-state index contributed by atoms with van der Waals surface area (Å²) < 4.78 is 10.8. The molecule has 1 fully saturated rings. The number of carbonyl (C=O) groups excluding carboxylic acids is 2. The largest absolute Gasteiger partial charge is 0.476 e. The fourth-order valence-electron chi connectivity index (χ4n) is 4.15. The first-order chi connectivity index (χ1) is 15.8. The summed E-state index contributed by atoms with van der Waals surface area (Å²) >= 11 is 0. The van der Waals surface area contributed by atoms with E-state index in [9.17, 15) is 9.59 Å². The summed E-state index contributed by atoms with van der Waals surface area (Å²) in [6.07, 6.45) is 3.99. The second kappa shape index (κ2) is 11.2. The molecule has 1 amide bonds. The molecule has 1 saturated heterocycles. The fraction of sp³-hybridized carbons (Fsp3) is 0.481. The Balaban J connectivity index is 1.58. The molecule has 3 rings (SSSR count). The van der Waals surface area contributed by atoms with E-state index in [0.717, 1.165) is 24.2 Å². The van der Waals surface area contributed by atoms with Gasteiger partial charge in [-0.05, 0) is 76.3 Å². The van der Waals surface area contributed by atoms with E-state index >= 15 is 0 Å². The highest BCUT2D eigenvalue weighted by Gasteiger charge is 2.31. The number of piperidine rings is 1. The molecule has 1 aliphatic rings. The molecule has 1 unspecified atom stereocenters.